The van der Waals surface area contributed by atoms with E-state index in [1.807, 2.05) is 44.4 Å². The molecular weight excluding hydrogens is 390 g/mol. The summed E-state index contributed by atoms with van der Waals surface area (Å²) in [7, 11) is 0.235. The summed E-state index contributed by atoms with van der Waals surface area (Å²) in [6.45, 7) is 5.67. The lowest BCUT2D eigenvalue weighted by atomic mass is 9.93. The van der Waals surface area contributed by atoms with Crippen molar-refractivity contribution >= 4 is 10.0 Å². The largest absolute Gasteiger partial charge is 0.490 e. The van der Waals surface area contributed by atoms with Gasteiger partial charge in [0.05, 0.1) is 6.54 Å². The van der Waals surface area contributed by atoms with Gasteiger partial charge in [0.25, 0.3) is 0 Å². The van der Waals surface area contributed by atoms with Crippen molar-refractivity contribution < 1.29 is 17.9 Å². The summed E-state index contributed by atoms with van der Waals surface area (Å²) in [5.74, 6) is 0.839. The average Bonchev–Trinajstić information content (AvgIpc) is 2.74. The molecule has 29 heavy (non-hydrogen) atoms. The molecule has 2 heterocycles. The van der Waals surface area contributed by atoms with Crippen molar-refractivity contribution in [3.63, 3.8) is 0 Å². The molecule has 8 heteroatoms. The highest BCUT2D eigenvalue weighted by Gasteiger charge is 2.38. The molecule has 1 aliphatic heterocycles. The Kier molecular flexibility index (Phi) is 6.45. The molecular formula is C21H29N3O4S. The van der Waals surface area contributed by atoms with E-state index in [-0.39, 0.29) is 29.3 Å². The maximum atomic E-state index is 13.4. The molecule has 0 saturated carbocycles. The maximum absolute atomic E-state index is 13.4. The molecule has 0 amide bonds. The molecule has 2 aromatic rings. The van der Waals surface area contributed by atoms with Crippen LogP contribution < -0.4 is 9.47 Å². The molecule has 1 aliphatic rings. The fourth-order valence-corrected chi connectivity index (χ4v) is 5.38. The molecule has 1 atom stereocenters. The summed E-state index contributed by atoms with van der Waals surface area (Å²) in [6, 6.07) is 12.6. The number of rotatable bonds is 7. The highest BCUT2D eigenvalue weighted by molar-refractivity contribution is 7.89. The van der Waals surface area contributed by atoms with Crippen LogP contribution in [0.1, 0.15) is 13.8 Å². The van der Waals surface area contributed by atoms with Crippen molar-refractivity contribution in [1.82, 2.24) is 14.2 Å². The minimum Gasteiger partial charge on any atom is -0.490 e. The van der Waals surface area contributed by atoms with Crippen molar-refractivity contribution in [2.24, 2.45) is 5.41 Å². The second-order valence-corrected chi connectivity index (χ2v) is 10.3. The van der Waals surface area contributed by atoms with Gasteiger partial charge in [-0.25, -0.2) is 13.4 Å². The Balaban J connectivity index is 1.87. The third kappa shape index (κ3) is 5.46. The Morgan fingerprint density at radius 2 is 1.93 bits per heavy atom. The van der Waals surface area contributed by atoms with E-state index in [9.17, 15) is 8.42 Å². The van der Waals surface area contributed by atoms with Crippen LogP contribution >= 0.6 is 0 Å². The van der Waals surface area contributed by atoms with Crippen LogP contribution in [-0.2, 0) is 10.0 Å². The van der Waals surface area contributed by atoms with Crippen molar-refractivity contribution in [3.05, 3.63) is 48.7 Å². The van der Waals surface area contributed by atoms with E-state index in [2.05, 4.69) is 23.7 Å². The predicted molar refractivity (Wildman–Crippen MR) is 112 cm³/mol. The van der Waals surface area contributed by atoms with Crippen LogP contribution in [0.25, 0.3) is 0 Å². The van der Waals surface area contributed by atoms with Crippen molar-refractivity contribution in [2.45, 2.75) is 24.8 Å². The molecule has 1 aromatic heterocycles. The molecule has 0 radical (unpaired) electrons. The lowest BCUT2D eigenvalue weighted by Crippen LogP contribution is -2.46. The van der Waals surface area contributed by atoms with E-state index in [0.29, 0.717) is 12.3 Å². The summed E-state index contributed by atoms with van der Waals surface area (Å²) in [4.78, 5) is 6.33. The second-order valence-electron chi connectivity index (χ2n) is 8.37. The molecule has 0 aliphatic carbocycles. The number of aromatic nitrogens is 1. The van der Waals surface area contributed by atoms with Gasteiger partial charge in [-0.1, -0.05) is 32.0 Å². The molecule has 0 spiro atoms. The number of hydrogen-bond donors (Lipinski definition) is 0. The summed E-state index contributed by atoms with van der Waals surface area (Å²) in [6.07, 6.45) is 1.06. The summed E-state index contributed by atoms with van der Waals surface area (Å²) in [5.41, 5.74) is -0.242. The monoisotopic (exact) mass is 419 g/mol. The van der Waals surface area contributed by atoms with Crippen molar-refractivity contribution in [2.75, 3.05) is 40.3 Å². The standard InChI is InChI=1S/C21H29N3O4S/c1-21(2,15-23(3)4)16-24-13-18(14-27-17-9-6-5-7-10-17)28-20-19(29(24,25)26)11-8-12-22-20/h5-12,18H,13-16H2,1-4H3. The highest BCUT2D eigenvalue weighted by atomic mass is 32.2. The predicted octanol–water partition coefficient (Wildman–Crippen LogP) is 2.50. The lowest BCUT2D eigenvalue weighted by molar-refractivity contribution is 0.0961. The summed E-state index contributed by atoms with van der Waals surface area (Å²) >= 11 is 0. The van der Waals surface area contributed by atoms with Crippen LogP contribution in [0, 0.1) is 5.41 Å². The van der Waals surface area contributed by atoms with Crippen LogP contribution in [0.5, 0.6) is 11.6 Å². The van der Waals surface area contributed by atoms with Crippen LogP contribution in [0.4, 0.5) is 0 Å². The Bertz CT molecular complexity index is 917. The highest BCUT2D eigenvalue weighted by Crippen LogP contribution is 2.31. The average molecular weight is 420 g/mol. The van der Waals surface area contributed by atoms with E-state index >= 15 is 0 Å². The van der Waals surface area contributed by atoms with Gasteiger partial charge in [-0.05, 0) is 43.8 Å². The van der Waals surface area contributed by atoms with Gasteiger partial charge in [0.2, 0.25) is 15.9 Å². The molecule has 0 fully saturated rings. The van der Waals surface area contributed by atoms with Gasteiger partial charge in [-0.15, -0.1) is 0 Å². The normalized spacial score (nSPS) is 19.3. The van der Waals surface area contributed by atoms with Crippen molar-refractivity contribution in [1.29, 1.82) is 0 Å². The SMILES string of the molecule is CN(C)CC(C)(C)CN1CC(COc2ccccc2)Oc2ncccc2S1(=O)=O. The van der Waals surface area contributed by atoms with Gasteiger partial charge in [-0.2, -0.15) is 4.31 Å². The number of hydrogen-bond acceptors (Lipinski definition) is 6. The first-order valence-electron chi connectivity index (χ1n) is 9.62. The molecule has 1 aromatic carbocycles. The van der Waals surface area contributed by atoms with Crippen LogP contribution in [0.2, 0.25) is 0 Å². The minimum atomic E-state index is -3.73. The molecule has 0 N–H and O–H groups in total. The van der Waals surface area contributed by atoms with E-state index < -0.39 is 16.1 Å². The lowest BCUT2D eigenvalue weighted by Gasteiger charge is -2.34. The smallest absolute Gasteiger partial charge is 0.248 e. The van der Waals surface area contributed by atoms with Crippen LogP contribution in [0.3, 0.4) is 0 Å². The number of fused-ring (bicyclic) bond motifs is 1. The van der Waals surface area contributed by atoms with Crippen LogP contribution in [0.15, 0.2) is 53.6 Å². The molecule has 158 valence electrons. The van der Waals surface area contributed by atoms with E-state index in [0.717, 1.165) is 6.54 Å². The molecule has 0 bridgehead atoms. The number of pyridine rings is 1. The zero-order chi connectivity index (χ0) is 21.1. The van der Waals surface area contributed by atoms with Gasteiger partial charge >= 0.3 is 0 Å². The first kappa shape index (κ1) is 21.5. The van der Waals surface area contributed by atoms with Gasteiger partial charge in [-0.3, -0.25) is 0 Å². The van der Waals surface area contributed by atoms with E-state index in [4.69, 9.17) is 9.47 Å². The van der Waals surface area contributed by atoms with Gasteiger partial charge in [0, 0.05) is 19.3 Å². The summed E-state index contributed by atoms with van der Waals surface area (Å²) < 4.78 is 40.0. The number of para-hydroxylation sites is 1. The van der Waals surface area contributed by atoms with Gasteiger partial charge in [0.1, 0.15) is 23.4 Å². The zero-order valence-electron chi connectivity index (χ0n) is 17.4. The molecule has 3 rings (SSSR count). The molecule has 7 nitrogen and oxygen atoms in total. The third-order valence-corrected chi connectivity index (χ3v) is 6.39. The van der Waals surface area contributed by atoms with Crippen molar-refractivity contribution in [3.8, 4) is 11.6 Å². The molecule has 0 saturated heterocycles. The Hall–Kier alpha value is -2.16. The Morgan fingerprint density at radius 3 is 2.62 bits per heavy atom. The zero-order valence-corrected chi connectivity index (χ0v) is 18.2. The maximum Gasteiger partial charge on any atom is 0.248 e. The van der Waals surface area contributed by atoms with E-state index in [1.54, 1.807) is 12.1 Å². The Morgan fingerprint density at radius 1 is 1.21 bits per heavy atom. The first-order chi connectivity index (χ1) is 13.7. The fourth-order valence-electron chi connectivity index (χ4n) is 3.65. The minimum absolute atomic E-state index is 0.0999. The van der Waals surface area contributed by atoms with Gasteiger partial charge in [0.15, 0.2) is 0 Å². The van der Waals surface area contributed by atoms with Crippen LogP contribution in [-0.4, -0.2) is 69.0 Å². The number of ether oxygens (including phenoxy) is 2. The third-order valence-electron chi connectivity index (χ3n) is 4.57. The fraction of sp³-hybridized carbons (Fsp3) is 0.476. The topological polar surface area (TPSA) is 72.0 Å². The quantitative estimate of drug-likeness (QED) is 0.687. The second kappa shape index (κ2) is 8.69. The number of nitrogens with zero attached hydrogens (tertiary/aromatic N) is 3. The summed E-state index contributed by atoms with van der Waals surface area (Å²) in [5, 5.41) is 0. The van der Waals surface area contributed by atoms with Gasteiger partial charge < -0.3 is 14.4 Å². The number of sulfonamides is 1. The molecule has 1 unspecified atom stereocenters. The van der Waals surface area contributed by atoms with E-state index in [1.165, 1.54) is 10.5 Å². The first-order valence-corrected chi connectivity index (χ1v) is 11.1. The number of benzene rings is 1. The Labute approximate surface area is 173 Å².